The molecule has 3 rings (SSSR count). The number of rotatable bonds is 1. The summed E-state index contributed by atoms with van der Waals surface area (Å²) >= 11 is 0. The van der Waals surface area contributed by atoms with Crippen LogP contribution >= 0.6 is 0 Å². The van der Waals surface area contributed by atoms with E-state index in [9.17, 15) is 8.78 Å². The monoisotopic (exact) mass is 253 g/mol. The van der Waals surface area contributed by atoms with Crippen LogP contribution in [-0.4, -0.2) is 12.5 Å². The van der Waals surface area contributed by atoms with E-state index in [4.69, 9.17) is 10.5 Å². The van der Waals surface area contributed by atoms with Crippen molar-refractivity contribution in [1.29, 1.82) is 0 Å². The normalized spacial score (nSPS) is 24.4. The van der Waals surface area contributed by atoms with Gasteiger partial charge in [-0.05, 0) is 30.0 Å². The topological polar surface area (TPSA) is 35.2 Å². The van der Waals surface area contributed by atoms with Gasteiger partial charge in [-0.1, -0.05) is 12.1 Å². The van der Waals surface area contributed by atoms with Gasteiger partial charge in [-0.25, -0.2) is 8.78 Å². The second kappa shape index (κ2) is 3.92. The summed E-state index contributed by atoms with van der Waals surface area (Å²) in [6, 6.07) is 5.87. The van der Waals surface area contributed by atoms with Crippen LogP contribution in [-0.2, 0) is 12.0 Å². The van der Waals surface area contributed by atoms with Crippen LogP contribution < -0.4 is 10.5 Å². The number of nitrogens with two attached hydrogens (primary N) is 1. The van der Waals surface area contributed by atoms with Gasteiger partial charge in [-0.3, -0.25) is 0 Å². The van der Waals surface area contributed by atoms with Crippen LogP contribution in [0.5, 0.6) is 5.75 Å². The summed E-state index contributed by atoms with van der Waals surface area (Å²) in [7, 11) is 0. The van der Waals surface area contributed by atoms with Gasteiger partial charge in [0.2, 0.25) is 5.92 Å². The second-order valence-electron chi connectivity index (χ2n) is 5.43. The maximum atomic E-state index is 13.2. The molecule has 0 saturated heterocycles. The number of alkyl halides is 2. The first-order valence-electron chi connectivity index (χ1n) is 6.42. The van der Waals surface area contributed by atoms with Gasteiger partial charge in [-0.2, -0.15) is 0 Å². The molecule has 4 heteroatoms. The molecule has 1 aliphatic heterocycles. The van der Waals surface area contributed by atoms with Crippen LogP contribution in [0.4, 0.5) is 8.78 Å². The number of fused-ring (bicyclic) bond motifs is 1. The molecular weight excluding hydrogens is 236 g/mol. The molecule has 98 valence electrons. The van der Waals surface area contributed by atoms with Crippen molar-refractivity contribution in [3.8, 4) is 5.75 Å². The molecule has 0 unspecified atom stereocenters. The highest BCUT2D eigenvalue weighted by molar-refractivity contribution is 5.42. The summed E-state index contributed by atoms with van der Waals surface area (Å²) in [4.78, 5) is 0. The lowest BCUT2D eigenvalue weighted by Gasteiger charge is -2.37. The van der Waals surface area contributed by atoms with Gasteiger partial charge in [0.1, 0.15) is 5.75 Å². The van der Waals surface area contributed by atoms with Crippen molar-refractivity contribution in [2.24, 2.45) is 5.73 Å². The Bertz CT molecular complexity index is 463. The minimum Gasteiger partial charge on any atom is -0.493 e. The highest BCUT2D eigenvalue weighted by Crippen LogP contribution is 2.43. The molecule has 18 heavy (non-hydrogen) atoms. The quantitative estimate of drug-likeness (QED) is 0.835. The van der Waals surface area contributed by atoms with E-state index in [-0.39, 0.29) is 12.8 Å². The maximum Gasteiger partial charge on any atom is 0.248 e. The maximum absolute atomic E-state index is 13.2. The fourth-order valence-corrected chi connectivity index (χ4v) is 2.85. The van der Waals surface area contributed by atoms with Crippen LogP contribution in [0.3, 0.4) is 0 Å². The summed E-state index contributed by atoms with van der Waals surface area (Å²) in [5.41, 5.74) is 7.85. The van der Waals surface area contributed by atoms with Crippen molar-refractivity contribution in [2.75, 3.05) is 6.61 Å². The van der Waals surface area contributed by atoms with Gasteiger partial charge in [-0.15, -0.1) is 0 Å². The molecule has 0 amide bonds. The first kappa shape index (κ1) is 11.9. The molecule has 1 saturated carbocycles. The number of halogens is 2. The van der Waals surface area contributed by atoms with E-state index in [1.54, 1.807) is 0 Å². The third-order valence-electron chi connectivity index (χ3n) is 4.14. The van der Waals surface area contributed by atoms with E-state index in [1.807, 2.05) is 18.2 Å². The number of benzene rings is 1. The molecule has 0 atom stereocenters. The zero-order chi connectivity index (χ0) is 12.8. The highest BCUT2D eigenvalue weighted by atomic mass is 19.3. The molecular formula is C14H17F2NO. The standard InChI is InChI=1S/C14H17F2NO/c15-14(16)6-4-13(17,5-7-14)11-1-2-12-10(9-11)3-8-18-12/h1-2,9H,3-8,17H2. The highest BCUT2D eigenvalue weighted by Gasteiger charge is 2.42. The summed E-state index contributed by atoms with van der Waals surface area (Å²) in [6.45, 7) is 0.703. The fraction of sp³-hybridized carbons (Fsp3) is 0.571. The third-order valence-corrected chi connectivity index (χ3v) is 4.14. The molecule has 2 nitrogen and oxygen atoms in total. The van der Waals surface area contributed by atoms with E-state index in [2.05, 4.69) is 0 Å². The largest absolute Gasteiger partial charge is 0.493 e. The molecule has 1 aromatic carbocycles. The summed E-state index contributed by atoms with van der Waals surface area (Å²) in [5, 5.41) is 0. The molecule has 0 bridgehead atoms. The van der Waals surface area contributed by atoms with Crippen LogP contribution in [0.25, 0.3) is 0 Å². The average molecular weight is 253 g/mol. The van der Waals surface area contributed by atoms with Crippen LogP contribution in [0.2, 0.25) is 0 Å². The van der Waals surface area contributed by atoms with Gasteiger partial charge in [0.15, 0.2) is 0 Å². The first-order chi connectivity index (χ1) is 8.49. The Labute approximate surface area is 105 Å². The van der Waals surface area contributed by atoms with Crippen LogP contribution in [0.15, 0.2) is 18.2 Å². The zero-order valence-corrected chi connectivity index (χ0v) is 10.2. The van der Waals surface area contributed by atoms with Gasteiger partial charge in [0, 0.05) is 24.8 Å². The number of ether oxygens (including phenoxy) is 1. The van der Waals surface area contributed by atoms with Crippen molar-refractivity contribution >= 4 is 0 Å². The Morgan fingerprint density at radius 1 is 1.11 bits per heavy atom. The molecule has 2 N–H and O–H groups in total. The Balaban J connectivity index is 1.86. The van der Waals surface area contributed by atoms with Gasteiger partial charge in [0.25, 0.3) is 0 Å². The second-order valence-corrected chi connectivity index (χ2v) is 5.43. The van der Waals surface area contributed by atoms with E-state index in [1.165, 1.54) is 0 Å². The number of hydrogen-bond acceptors (Lipinski definition) is 2. The van der Waals surface area contributed by atoms with Crippen molar-refractivity contribution in [3.63, 3.8) is 0 Å². The molecule has 1 aliphatic carbocycles. The Morgan fingerprint density at radius 3 is 2.56 bits per heavy atom. The molecule has 0 spiro atoms. The lowest BCUT2D eigenvalue weighted by molar-refractivity contribution is -0.0514. The average Bonchev–Trinajstić information content (AvgIpc) is 2.80. The first-order valence-corrected chi connectivity index (χ1v) is 6.42. The predicted molar refractivity (Wildman–Crippen MR) is 64.9 cm³/mol. The minimum absolute atomic E-state index is 0.114. The van der Waals surface area contributed by atoms with Crippen molar-refractivity contribution < 1.29 is 13.5 Å². The molecule has 2 aliphatic rings. The lowest BCUT2D eigenvalue weighted by Crippen LogP contribution is -2.43. The molecule has 0 aromatic heterocycles. The van der Waals surface area contributed by atoms with E-state index in [0.717, 1.165) is 23.3 Å². The minimum atomic E-state index is -2.54. The molecule has 0 radical (unpaired) electrons. The Morgan fingerprint density at radius 2 is 1.83 bits per heavy atom. The SMILES string of the molecule is NC1(c2ccc3c(c2)CCO3)CCC(F)(F)CC1. The predicted octanol–water partition coefficient (Wildman–Crippen LogP) is 2.98. The van der Waals surface area contributed by atoms with Crippen molar-refractivity contribution in [1.82, 2.24) is 0 Å². The molecule has 1 aromatic rings. The summed E-state index contributed by atoms with van der Waals surface area (Å²) in [6.07, 6.45) is 1.35. The van der Waals surface area contributed by atoms with Crippen molar-refractivity contribution in [3.05, 3.63) is 29.3 Å². The molecule has 1 fully saturated rings. The van der Waals surface area contributed by atoms with Crippen LogP contribution in [0.1, 0.15) is 36.8 Å². The van der Waals surface area contributed by atoms with Gasteiger partial charge >= 0.3 is 0 Å². The number of hydrogen-bond donors (Lipinski definition) is 1. The molecule has 1 heterocycles. The Kier molecular flexibility index (Phi) is 2.59. The van der Waals surface area contributed by atoms with E-state index >= 15 is 0 Å². The third kappa shape index (κ3) is 1.99. The van der Waals surface area contributed by atoms with E-state index < -0.39 is 11.5 Å². The van der Waals surface area contributed by atoms with Crippen LogP contribution in [0, 0.1) is 0 Å². The lowest BCUT2D eigenvalue weighted by atomic mass is 9.75. The van der Waals surface area contributed by atoms with Gasteiger partial charge in [0.05, 0.1) is 6.61 Å². The zero-order valence-electron chi connectivity index (χ0n) is 10.2. The van der Waals surface area contributed by atoms with Gasteiger partial charge < -0.3 is 10.5 Å². The summed E-state index contributed by atoms with van der Waals surface area (Å²) < 4.78 is 31.9. The van der Waals surface area contributed by atoms with E-state index in [0.29, 0.717) is 19.4 Å². The smallest absolute Gasteiger partial charge is 0.248 e. The summed E-state index contributed by atoms with van der Waals surface area (Å²) in [5.74, 6) is -1.63. The van der Waals surface area contributed by atoms with Crippen molar-refractivity contribution in [2.45, 2.75) is 43.6 Å². The Hall–Kier alpha value is -1.16. The fourth-order valence-electron chi connectivity index (χ4n) is 2.85.